The van der Waals surface area contributed by atoms with Crippen molar-refractivity contribution in [2.45, 2.75) is 33.3 Å². The van der Waals surface area contributed by atoms with Gasteiger partial charge in [-0.1, -0.05) is 12.1 Å². The topological polar surface area (TPSA) is 55.8 Å². The maximum absolute atomic E-state index is 11.3. The second kappa shape index (κ2) is 10.6. The number of aryl methyl sites for hydroxylation is 2. The molecule has 0 saturated heterocycles. The van der Waals surface area contributed by atoms with E-state index in [1.807, 2.05) is 24.3 Å². The van der Waals surface area contributed by atoms with Crippen LogP contribution in [0.1, 0.15) is 33.4 Å². The summed E-state index contributed by atoms with van der Waals surface area (Å²) in [5.41, 5.74) is 4.66. The van der Waals surface area contributed by atoms with Gasteiger partial charge >= 0.3 is 5.97 Å². The fourth-order valence-electron chi connectivity index (χ4n) is 3.16. The minimum absolute atomic E-state index is 0.336. The molecule has 0 aliphatic heterocycles. The minimum Gasteiger partial charge on any atom is -0.490 e. The second-order valence-corrected chi connectivity index (χ2v) is 8.76. The molecule has 0 spiro atoms. The van der Waals surface area contributed by atoms with Crippen molar-refractivity contribution in [3.05, 3.63) is 79.7 Å². The van der Waals surface area contributed by atoms with Crippen LogP contribution in [-0.4, -0.2) is 30.4 Å². The van der Waals surface area contributed by atoms with Crippen LogP contribution in [0.25, 0.3) is 5.57 Å². The summed E-state index contributed by atoms with van der Waals surface area (Å²) < 4.78 is 11.2. The number of carbonyl (C=O) groups is 1. The molecule has 0 bridgehead atoms. The highest BCUT2D eigenvalue weighted by molar-refractivity contribution is 7.14. The Balaban J connectivity index is 1.69. The van der Waals surface area contributed by atoms with Crippen molar-refractivity contribution in [3.63, 3.8) is 0 Å². The lowest BCUT2D eigenvalue weighted by Gasteiger charge is -2.13. The number of hydrogen-bond donors (Lipinski definition) is 1. The van der Waals surface area contributed by atoms with Gasteiger partial charge in [-0.05, 0) is 78.6 Å². The molecule has 1 aromatic carbocycles. The molecule has 30 heavy (non-hydrogen) atoms. The van der Waals surface area contributed by atoms with Crippen LogP contribution in [0.2, 0.25) is 0 Å². The first-order chi connectivity index (χ1) is 14.5. The summed E-state index contributed by atoms with van der Waals surface area (Å²) in [6.07, 6.45) is 1.65. The summed E-state index contributed by atoms with van der Waals surface area (Å²) in [7, 11) is 0. The molecule has 0 amide bonds. The van der Waals surface area contributed by atoms with E-state index in [2.05, 4.69) is 42.8 Å². The number of thiophene rings is 2. The lowest BCUT2D eigenvalue weighted by Crippen LogP contribution is -2.26. The predicted molar refractivity (Wildman–Crippen MR) is 124 cm³/mol. The largest absolute Gasteiger partial charge is 0.490 e. The van der Waals surface area contributed by atoms with E-state index in [0.717, 1.165) is 11.3 Å². The van der Waals surface area contributed by atoms with Gasteiger partial charge in [-0.15, -0.1) is 22.7 Å². The first-order valence-electron chi connectivity index (χ1n) is 9.84. The van der Waals surface area contributed by atoms with Crippen molar-refractivity contribution in [2.75, 3.05) is 13.2 Å². The van der Waals surface area contributed by atoms with Crippen LogP contribution in [-0.2, 0) is 16.0 Å². The Labute approximate surface area is 185 Å². The second-order valence-electron chi connectivity index (χ2n) is 6.92. The summed E-state index contributed by atoms with van der Waals surface area (Å²) >= 11 is 3.50. The van der Waals surface area contributed by atoms with E-state index in [9.17, 15) is 9.90 Å². The molecular weight excluding hydrogens is 416 g/mol. The van der Waals surface area contributed by atoms with E-state index in [4.69, 9.17) is 9.47 Å². The molecule has 1 unspecified atom stereocenters. The fourth-order valence-corrected chi connectivity index (χ4v) is 5.18. The van der Waals surface area contributed by atoms with Crippen LogP contribution in [0.15, 0.2) is 53.2 Å². The normalized spacial score (nSPS) is 11.8. The molecule has 6 heteroatoms. The average Bonchev–Trinajstić information content (AvgIpc) is 3.34. The highest BCUT2D eigenvalue weighted by Crippen LogP contribution is 2.35. The molecule has 3 aromatic rings. The number of hydrogen-bond acceptors (Lipinski definition) is 5. The molecule has 0 fully saturated rings. The van der Waals surface area contributed by atoms with Gasteiger partial charge in [0, 0.05) is 28.4 Å². The zero-order valence-corrected chi connectivity index (χ0v) is 19.0. The monoisotopic (exact) mass is 442 g/mol. The average molecular weight is 443 g/mol. The first kappa shape index (κ1) is 22.3. The minimum atomic E-state index is -0.942. The smallest absolute Gasteiger partial charge is 0.333 e. The third-order valence-electron chi connectivity index (χ3n) is 4.74. The van der Waals surface area contributed by atoms with Gasteiger partial charge in [0.15, 0.2) is 6.10 Å². The zero-order chi connectivity index (χ0) is 21.5. The van der Waals surface area contributed by atoms with Gasteiger partial charge in [0.25, 0.3) is 0 Å². The van der Waals surface area contributed by atoms with Gasteiger partial charge in [0.1, 0.15) is 12.4 Å². The Bertz CT molecular complexity index is 956. The van der Waals surface area contributed by atoms with E-state index in [1.165, 1.54) is 26.5 Å². The molecular formula is C24H26O4S2. The highest BCUT2D eigenvalue weighted by atomic mass is 32.1. The molecule has 0 aliphatic carbocycles. The molecule has 0 aliphatic rings. The van der Waals surface area contributed by atoms with Crippen LogP contribution in [0.3, 0.4) is 0 Å². The number of carboxylic acids is 1. The van der Waals surface area contributed by atoms with Gasteiger partial charge in [-0.3, -0.25) is 0 Å². The van der Waals surface area contributed by atoms with Crippen LogP contribution < -0.4 is 4.74 Å². The van der Waals surface area contributed by atoms with Crippen molar-refractivity contribution in [1.82, 2.24) is 0 Å². The summed E-state index contributed by atoms with van der Waals surface area (Å²) in [6, 6.07) is 11.8. The molecule has 0 radical (unpaired) electrons. The predicted octanol–water partition coefficient (Wildman–Crippen LogP) is 5.97. The van der Waals surface area contributed by atoms with E-state index < -0.39 is 12.1 Å². The van der Waals surface area contributed by atoms with Crippen molar-refractivity contribution in [1.29, 1.82) is 0 Å². The van der Waals surface area contributed by atoms with E-state index >= 15 is 0 Å². The Hall–Kier alpha value is -2.41. The number of carboxylic acid groups (broad SMARTS) is 1. The lowest BCUT2D eigenvalue weighted by molar-refractivity contribution is -0.149. The van der Waals surface area contributed by atoms with Gasteiger partial charge in [0.05, 0.1) is 0 Å². The third kappa shape index (κ3) is 5.59. The molecule has 2 aromatic heterocycles. The van der Waals surface area contributed by atoms with E-state index in [-0.39, 0.29) is 0 Å². The molecule has 2 heterocycles. The summed E-state index contributed by atoms with van der Waals surface area (Å²) in [5.74, 6) is -0.189. The Kier molecular flexibility index (Phi) is 7.85. The van der Waals surface area contributed by atoms with Crippen LogP contribution in [0.5, 0.6) is 5.75 Å². The van der Waals surface area contributed by atoms with Crippen LogP contribution in [0.4, 0.5) is 0 Å². The molecule has 4 nitrogen and oxygen atoms in total. The number of aliphatic carboxylic acids is 1. The van der Waals surface area contributed by atoms with Gasteiger partial charge in [0.2, 0.25) is 0 Å². The molecule has 1 N–H and O–H groups in total. The lowest BCUT2D eigenvalue weighted by atomic mass is 10.1. The molecule has 158 valence electrons. The summed E-state index contributed by atoms with van der Waals surface area (Å²) in [4.78, 5) is 13.8. The molecule has 0 saturated carbocycles. The Morgan fingerprint density at radius 1 is 1.03 bits per heavy atom. The van der Waals surface area contributed by atoms with Crippen molar-refractivity contribution in [3.8, 4) is 5.75 Å². The van der Waals surface area contributed by atoms with Crippen molar-refractivity contribution >= 4 is 34.2 Å². The van der Waals surface area contributed by atoms with Crippen LogP contribution in [0, 0.1) is 13.8 Å². The standard InChI is InChI=1S/C24H26O4S2/c1-4-27-21(24(25)26)15-18-5-7-19(8-6-18)28-12-9-20(22-16(2)10-13-29-22)23-17(3)11-14-30-23/h5-11,13-14,21H,4,12,15H2,1-3H3,(H,25,26). The maximum atomic E-state index is 11.3. The third-order valence-corrected chi connectivity index (χ3v) is 6.84. The Morgan fingerprint density at radius 3 is 2.10 bits per heavy atom. The summed E-state index contributed by atoms with van der Waals surface area (Å²) in [5, 5.41) is 13.5. The quantitative estimate of drug-likeness (QED) is 0.420. The zero-order valence-electron chi connectivity index (χ0n) is 17.4. The molecule has 1 atom stereocenters. The first-order valence-corrected chi connectivity index (χ1v) is 11.6. The van der Waals surface area contributed by atoms with Crippen molar-refractivity contribution < 1.29 is 19.4 Å². The maximum Gasteiger partial charge on any atom is 0.333 e. The van der Waals surface area contributed by atoms with Gasteiger partial charge < -0.3 is 14.6 Å². The number of rotatable bonds is 10. The summed E-state index contributed by atoms with van der Waals surface area (Å²) in [6.45, 7) is 6.90. The molecule has 3 rings (SSSR count). The SMILES string of the molecule is CCOC(Cc1ccc(OCC=C(c2sccc2C)c2sccc2C)cc1)C(=O)O. The number of benzene rings is 1. The van der Waals surface area contributed by atoms with Crippen molar-refractivity contribution in [2.24, 2.45) is 0 Å². The van der Waals surface area contributed by atoms with Gasteiger partial charge in [-0.25, -0.2) is 4.79 Å². The van der Waals surface area contributed by atoms with Gasteiger partial charge in [-0.2, -0.15) is 0 Å². The Morgan fingerprint density at radius 2 is 1.63 bits per heavy atom. The highest BCUT2D eigenvalue weighted by Gasteiger charge is 2.18. The van der Waals surface area contributed by atoms with Crippen LogP contribution >= 0.6 is 22.7 Å². The fraction of sp³-hybridized carbons (Fsp3) is 0.292. The number of ether oxygens (including phenoxy) is 2. The van der Waals surface area contributed by atoms with E-state index in [1.54, 1.807) is 29.6 Å². The van der Waals surface area contributed by atoms with E-state index in [0.29, 0.717) is 19.6 Å².